The molecule has 4 aromatic rings. The van der Waals surface area contributed by atoms with Gasteiger partial charge in [0.1, 0.15) is 28.9 Å². The predicted octanol–water partition coefficient (Wildman–Crippen LogP) is 0.838. The predicted molar refractivity (Wildman–Crippen MR) is 142 cm³/mol. The normalized spacial score (nSPS) is 20.0. The second kappa shape index (κ2) is 11.4. The molecule has 2 radical (unpaired) electrons. The smallest absolute Gasteiger partial charge is 0.482 e. The second-order valence-corrected chi connectivity index (χ2v) is 9.57. The molecule has 15 nitrogen and oxygen atoms in total. The molecule has 43 heavy (non-hydrogen) atoms. The van der Waals surface area contributed by atoms with E-state index in [9.17, 15) is 50.4 Å². The van der Waals surface area contributed by atoms with E-state index in [2.05, 4.69) is 0 Å². The van der Waals surface area contributed by atoms with E-state index in [1.165, 1.54) is 6.07 Å². The fourth-order valence-electron chi connectivity index (χ4n) is 4.33. The van der Waals surface area contributed by atoms with Gasteiger partial charge in [-0.15, -0.1) is 0 Å². The van der Waals surface area contributed by atoms with Crippen molar-refractivity contribution in [2.24, 2.45) is 0 Å². The minimum atomic E-state index is -1.83. The van der Waals surface area contributed by atoms with Crippen molar-refractivity contribution in [3.05, 3.63) is 58.3 Å². The van der Waals surface area contributed by atoms with E-state index >= 15 is 0 Å². The zero-order chi connectivity index (χ0) is 31.2. The van der Waals surface area contributed by atoms with Crippen LogP contribution >= 0.6 is 0 Å². The van der Waals surface area contributed by atoms with Crippen LogP contribution in [-0.2, 0) is 9.47 Å². The van der Waals surface area contributed by atoms with Gasteiger partial charge in [0.25, 0.3) is 0 Å². The van der Waals surface area contributed by atoms with Crippen LogP contribution in [0.3, 0.4) is 0 Å². The molecule has 3 aromatic carbocycles. The van der Waals surface area contributed by atoms with Crippen LogP contribution in [0.25, 0.3) is 22.3 Å². The highest BCUT2D eigenvalue weighted by molar-refractivity contribution is 6.02. The van der Waals surface area contributed by atoms with Crippen molar-refractivity contribution in [2.75, 3.05) is 6.61 Å². The lowest BCUT2D eigenvalue weighted by Crippen LogP contribution is -2.56. The first-order chi connectivity index (χ1) is 20.4. The van der Waals surface area contributed by atoms with Crippen molar-refractivity contribution < 1.29 is 68.1 Å². The number of phenols is 6. The number of aliphatic hydroxyl groups excluding tert-OH is 2. The van der Waals surface area contributed by atoms with Crippen LogP contribution in [0, 0.1) is 0 Å². The number of fused-ring (bicyclic) bond motifs is 1. The Morgan fingerprint density at radius 3 is 2.26 bits per heavy atom. The Kier molecular flexibility index (Phi) is 7.88. The Morgan fingerprint density at radius 1 is 0.907 bits per heavy atom. The molecule has 1 aliphatic rings. The number of ether oxygens (including phenoxy) is 3. The summed E-state index contributed by atoms with van der Waals surface area (Å²) in [4.78, 5) is 26.7. The summed E-state index contributed by atoms with van der Waals surface area (Å²) in [5.41, 5.74) is -1.54. The third-order valence-corrected chi connectivity index (χ3v) is 6.73. The molecular weight excluding hydrogens is 591 g/mol. The summed E-state index contributed by atoms with van der Waals surface area (Å²) in [7, 11) is 0. The highest BCUT2D eigenvalue weighted by Gasteiger charge is 2.44. The first-order valence-electron chi connectivity index (χ1n) is 12.2. The molecule has 0 spiro atoms. The maximum atomic E-state index is 13.8. The molecule has 222 valence electrons. The zero-order valence-electron chi connectivity index (χ0n) is 21.6. The van der Waals surface area contributed by atoms with Crippen LogP contribution in [0.5, 0.6) is 46.0 Å². The number of rotatable bonds is 6. The summed E-state index contributed by atoms with van der Waals surface area (Å²) in [5, 5.41) is 79.8. The average Bonchev–Trinajstić information content (AvgIpc) is 2.97. The monoisotopic (exact) mass is 612 g/mol. The summed E-state index contributed by atoms with van der Waals surface area (Å²) >= 11 is 1.91. The molecule has 4 atom stereocenters. The van der Waals surface area contributed by atoms with E-state index in [0.717, 1.165) is 36.4 Å². The van der Waals surface area contributed by atoms with Gasteiger partial charge in [-0.05, 0) is 30.3 Å². The molecule has 0 aliphatic carbocycles. The molecule has 0 bridgehead atoms. The summed E-state index contributed by atoms with van der Waals surface area (Å²) in [6.45, 7) is -0.539. The molecule has 0 amide bonds. The van der Waals surface area contributed by atoms with Crippen molar-refractivity contribution in [3.63, 3.8) is 0 Å². The molecule has 4 unspecified atom stereocenters. The molecule has 1 saturated heterocycles. The third-order valence-electron chi connectivity index (χ3n) is 6.48. The van der Waals surface area contributed by atoms with E-state index < -0.39 is 82.7 Å². The number of esters is 1. The Labute approximate surface area is 248 Å². The van der Waals surface area contributed by atoms with Crippen LogP contribution in [0.2, 0.25) is 0 Å². The number of carbonyl (C=O) groups is 1. The number of carbonyl (C=O) groups excluding carboxylic acids is 1. The fraction of sp³-hybridized carbons (Fsp3) is 0.185. The minimum absolute atomic E-state index is 0.000894. The van der Waals surface area contributed by atoms with Crippen LogP contribution in [0.1, 0.15) is 10.4 Å². The van der Waals surface area contributed by atoms with Crippen molar-refractivity contribution >= 4 is 33.6 Å². The Bertz CT molecular complexity index is 1760. The van der Waals surface area contributed by atoms with Crippen LogP contribution < -0.4 is 14.0 Å². The van der Waals surface area contributed by atoms with E-state index in [-0.39, 0.29) is 33.8 Å². The van der Waals surface area contributed by atoms with E-state index in [1.54, 1.807) is 0 Å². The Balaban J connectivity index is 1.61. The number of hydrogen-bond acceptors (Lipinski definition) is 15. The van der Waals surface area contributed by atoms with Crippen molar-refractivity contribution in [3.8, 4) is 57.3 Å². The maximum absolute atomic E-state index is 13.8. The summed E-state index contributed by atoms with van der Waals surface area (Å²) in [6.07, 6.45) is -7.04. The van der Waals surface area contributed by atoms with Gasteiger partial charge in [0.2, 0.25) is 17.5 Å². The largest absolute Gasteiger partial charge is 0.653 e. The first kappa shape index (κ1) is 29.6. The van der Waals surface area contributed by atoms with Crippen molar-refractivity contribution in [1.82, 2.24) is 0 Å². The third kappa shape index (κ3) is 5.53. The van der Waals surface area contributed by atoms with E-state index in [4.69, 9.17) is 22.4 Å². The van der Waals surface area contributed by atoms with Gasteiger partial charge in [-0.3, -0.25) is 4.79 Å². The minimum Gasteiger partial charge on any atom is -0.653 e. The lowest BCUT2D eigenvalue weighted by Gasteiger charge is -2.37. The average molecular weight is 612 g/mol. The zero-order valence-corrected chi connectivity index (χ0v) is 22.7. The SMILES string of the molecule is O=C(OC1C(Oc2c(-c3ccc(O)c(O)c3)oc3cc(O)cc([O][Al])c3c2=O)OCC(O)C1O)c1cc(O)c(O)c(O)c1. The number of benzene rings is 3. The van der Waals surface area contributed by atoms with Crippen LogP contribution in [0.4, 0.5) is 0 Å². The number of aromatic hydroxyl groups is 6. The number of aliphatic hydroxyl groups is 2. The standard InChI is InChI=1S/C27H22O15.Al/c28-11-6-14(31)19-18(7-11)40-23(9-1-2-12(29)13(30)3-9)24(22(19)37)42-27-25(21(36)17(34)8-39-27)41-26(38)10-4-15(32)20(35)16(33)5-10;/h1-7,17,21,25,27-36H,8H2;/q;+1/p-1. The highest BCUT2D eigenvalue weighted by Crippen LogP contribution is 2.40. The molecule has 2 heterocycles. The molecule has 0 saturated carbocycles. The topological polar surface area (TPSA) is 246 Å². The first-order valence-corrected chi connectivity index (χ1v) is 12.7. The van der Waals surface area contributed by atoms with E-state index in [1.807, 2.05) is 16.6 Å². The van der Waals surface area contributed by atoms with Gasteiger partial charge >= 0.3 is 22.6 Å². The van der Waals surface area contributed by atoms with Gasteiger partial charge in [-0.25, -0.2) is 4.79 Å². The van der Waals surface area contributed by atoms with Gasteiger partial charge in [-0.1, -0.05) is 0 Å². The molecule has 1 fully saturated rings. The molecule has 16 heteroatoms. The fourth-order valence-corrected chi connectivity index (χ4v) is 4.52. The van der Waals surface area contributed by atoms with Gasteiger partial charge in [0.05, 0.1) is 17.9 Å². The molecule has 5 rings (SSSR count). The molecule has 1 aliphatic heterocycles. The van der Waals surface area contributed by atoms with Gasteiger partial charge in [0, 0.05) is 17.7 Å². The van der Waals surface area contributed by atoms with E-state index in [0.29, 0.717) is 0 Å². The molecule has 8 N–H and O–H groups in total. The number of hydrogen-bond donors (Lipinski definition) is 8. The lowest BCUT2D eigenvalue weighted by molar-refractivity contribution is -0.241. The van der Waals surface area contributed by atoms with Crippen molar-refractivity contribution in [1.29, 1.82) is 0 Å². The van der Waals surface area contributed by atoms with Crippen LogP contribution in [-0.4, -0.2) is 94.7 Å². The lowest BCUT2D eigenvalue weighted by atomic mass is 10.0. The Morgan fingerprint density at radius 2 is 1.60 bits per heavy atom. The highest BCUT2D eigenvalue weighted by atomic mass is 27.1. The summed E-state index contributed by atoms with van der Waals surface area (Å²) < 4.78 is 27.6. The molecular formula is C27H21AlO15. The number of phenolic OH excluding ortho intramolecular Hbond substituents is 6. The van der Waals surface area contributed by atoms with Gasteiger partial charge in [0.15, 0.2) is 40.6 Å². The summed E-state index contributed by atoms with van der Waals surface area (Å²) in [6, 6.07) is 7.18. The van der Waals surface area contributed by atoms with Gasteiger partial charge in [-0.2, -0.15) is 0 Å². The Hall–Kier alpha value is -4.85. The van der Waals surface area contributed by atoms with Crippen LogP contribution in [0.15, 0.2) is 51.7 Å². The van der Waals surface area contributed by atoms with Gasteiger partial charge < -0.3 is 63.3 Å². The van der Waals surface area contributed by atoms with Crippen molar-refractivity contribution in [2.45, 2.75) is 24.6 Å². The quantitative estimate of drug-likeness (QED) is 0.0854. The molecule has 1 aromatic heterocycles. The summed E-state index contributed by atoms with van der Waals surface area (Å²) in [5.74, 6) is -6.37. The second-order valence-electron chi connectivity index (χ2n) is 9.34. The maximum Gasteiger partial charge on any atom is 0.482 e.